The van der Waals surface area contributed by atoms with Crippen molar-refractivity contribution < 1.29 is 5.11 Å². The molecule has 1 saturated heterocycles. The first-order valence-corrected chi connectivity index (χ1v) is 9.85. The number of nitrogens with one attached hydrogen (secondary N) is 1. The standard InChI is InChI=1S/C19H26N6O/c26-11-15-2-1-9-24(15)10-13-3-5-14(6-4-13)17-18-16-7-8-20-19(16)21-12-25(18)23-22-17/h7-8,12-15,20,26H,1-6,9-11H2/t13?,14?,15-/m1/s1. The van der Waals surface area contributed by atoms with Crippen LogP contribution in [0.1, 0.15) is 50.1 Å². The third-order valence-corrected chi connectivity index (χ3v) is 6.43. The minimum absolute atomic E-state index is 0.308. The van der Waals surface area contributed by atoms with Crippen LogP contribution in [0.5, 0.6) is 0 Å². The number of aromatic nitrogens is 5. The summed E-state index contributed by atoms with van der Waals surface area (Å²) in [7, 11) is 0. The Morgan fingerprint density at radius 1 is 1.19 bits per heavy atom. The van der Waals surface area contributed by atoms with Gasteiger partial charge in [-0.05, 0) is 57.1 Å². The maximum atomic E-state index is 9.54. The van der Waals surface area contributed by atoms with Crippen LogP contribution in [0.4, 0.5) is 0 Å². The van der Waals surface area contributed by atoms with Crippen molar-refractivity contribution in [3.63, 3.8) is 0 Å². The van der Waals surface area contributed by atoms with Crippen molar-refractivity contribution in [1.29, 1.82) is 0 Å². The molecule has 0 amide bonds. The molecule has 0 spiro atoms. The molecule has 2 aliphatic rings. The second kappa shape index (κ2) is 6.63. The number of rotatable bonds is 4. The number of H-pyrrole nitrogens is 1. The molecule has 0 unspecified atom stereocenters. The van der Waals surface area contributed by atoms with E-state index in [0.717, 1.165) is 47.7 Å². The molecule has 7 heteroatoms. The van der Waals surface area contributed by atoms with Crippen LogP contribution in [0, 0.1) is 5.92 Å². The molecular weight excluding hydrogens is 328 g/mol. The quantitative estimate of drug-likeness (QED) is 0.751. The summed E-state index contributed by atoms with van der Waals surface area (Å²) in [6.45, 7) is 2.60. The molecule has 1 aliphatic carbocycles. The Morgan fingerprint density at radius 2 is 2.08 bits per heavy atom. The van der Waals surface area contributed by atoms with Crippen LogP contribution < -0.4 is 0 Å². The lowest BCUT2D eigenvalue weighted by atomic mass is 9.80. The third kappa shape index (κ3) is 2.70. The van der Waals surface area contributed by atoms with E-state index in [9.17, 15) is 5.11 Å². The molecule has 0 bridgehead atoms. The third-order valence-electron chi connectivity index (χ3n) is 6.43. The molecule has 2 N–H and O–H groups in total. The lowest BCUT2D eigenvalue weighted by Gasteiger charge is -2.32. The molecule has 4 heterocycles. The summed E-state index contributed by atoms with van der Waals surface area (Å²) < 4.78 is 1.81. The second-order valence-corrected chi connectivity index (χ2v) is 7.94. The molecular formula is C19H26N6O. The highest BCUT2D eigenvalue weighted by molar-refractivity contribution is 5.92. The summed E-state index contributed by atoms with van der Waals surface area (Å²) in [5, 5.41) is 19.5. The summed E-state index contributed by atoms with van der Waals surface area (Å²) in [6, 6.07) is 2.46. The van der Waals surface area contributed by atoms with Gasteiger partial charge in [0.1, 0.15) is 17.5 Å². The van der Waals surface area contributed by atoms with E-state index in [1.165, 1.54) is 32.1 Å². The second-order valence-electron chi connectivity index (χ2n) is 7.94. The number of aromatic amines is 1. The molecule has 5 rings (SSSR count). The van der Waals surface area contributed by atoms with Crippen molar-refractivity contribution in [3.05, 3.63) is 24.3 Å². The Bertz CT molecular complexity index is 894. The summed E-state index contributed by atoms with van der Waals surface area (Å²) in [5.74, 6) is 1.23. The summed E-state index contributed by atoms with van der Waals surface area (Å²) >= 11 is 0. The molecule has 1 saturated carbocycles. The Balaban J connectivity index is 1.31. The van der Waals surface area contributed by atoms with Gasteiger partial charge in [0.15, 0.2) is 0 Å². The number of aliphatic hydroxyl groups is 1. The molecule has 3 aromatic heterocycles. The minimum atomic E-state index is 0.308. The fourth-order valence-electron chi connectivity index (χ4n) is 4.99. The average Bonchev–Trinajstić information content (AvgIpc) is 3.40. The van der Waals surface area contributed by atoms with E-state index in [1.54, 1.807) is 6.33 Å². The highest BCUT2D eigenvalue weighted by Gasteiger charge is 2.30. The van der Waals surface area contributed by atoms with Crippen LogP contribution >= 0.6 is 0 Å². The molecule has 7 nitrogen and oxygen atoms in total. The normalized spacial score (nSPS) is 27.7. The van der Waals surface area contributed by atoms with E-state index in [0.29, 0.717) is 18.6 Å². The number of hydrogen-bond acceptors (Lipinski definition) is 5. The predicted molar refractivity (Wildman–Crippen MR) is 99.0 cm³/mol. The number of nitrogens with zero attached hydrogens (tertiary/aromatic N) is 5. The van der Waals surface area contributed by atoms with Crippen molar-refractivity contribution in [3.8, 4) is 0 Å². The summed E-state index contributed by atoms with van der Waals surface area (Å²) in [6.07, 6.45) is 10.9. The predicted octanol–water partition coefficient (Wildman–Crippen LogP) is 2.34. The number of aliphatic hydroxyl groups excluding tert-OH is 1. The molecule has 0 radical (unpaired) electrons. The van der Waals surface area contributed by atoms with Crippen molar-refractivity contribution in [2.45, 2.75) is 50.5 Å². The number of fused-ring (bicyclic) bond motifs is 3. The van der Waals surface area contributed by atoms with Crippen molar-refractivity contribution in [2.24, 2.45) is 5.92 Å². The summed E-state index contributed by atoms with van der Waals surface area (Å²) in [4.78, 5) is 10.1. The van der Waals surface area contributed by atoms with Gasteiger partial charge in [0.05, 0.1) is 12.3 Å². The largest absolute Gasteiger partial charge is 0.395 e. The highest BCUT2D eigenvalue weighted by Crippen LogP contribution is 2.38. The van der Waals surface area contributed by atoms with Crippen LogP contribution in [0.25, 0.3) is 16.6 Å². The summed E-state index contributed by atoms with van der Waals surface area (Å²) in [5.41, 5.74) is 3.14. The van der Waals surface area contributed by atoms with Gasteiger partial charge in [-0.15, -0.1) is 5.10 Å². The first-order valence-electron chi connectivity index (χ1n) is 9.85. The van der Waals surface area contributed by atoms with Gasteiger partial charge >= 0.3 is 0 Å². The van der Waals surface area contributed by atoms with Crippen LogP contribution in [-0.2, 0) is 0 Å². The Morgan fingerprint density at radius 3 is 2.92 bits per heavy atom. The molecule has 1 atom stereocenters. The van der Waals surface area contributed by atoms with E-state index in [2.05, 4.69) is 31.2 Å². The zero-order chi connectivity index (χ0) is 17.5. The fraction of sp³-hybridized carbons (Fsp3) is 0.632. The number of likely N-dealkylation sites (tertiary alicyclic amines) is 1. The van der Waals surface area contributed by atoms with Gasteiger partial charge in [0.2, 0.25) is 0 Å². The van der Waals surface area contributed by atoms with Gasteiger partial charge in [-0.3, -0.25) is 4.90 Å². The van der Waals surface area contributed by atoms with Gasteiger partial charge in [-0.2, -0.15) is 0 Å². The molecule has 0 aromatic carbocycles. The van der Waals surface area contributed by atoms with E-state index < -0.39 is 0 Å². The zero-order valence-electron chi connectivity index (χ0n) is 15.0. The van der Waals surface area contributed by atoms with E-state index in [4.69, 9.17) is 0 Å². The van der Waals surface area contributed by atoms with Crippen molar-refractivity contribution in [1.82, 2.24) is 29.7 Å². The Hall–Kier alpha value is -1.99. The Kier molecular flexibility index (Phi) is 4.13. The van der Waals surface area contributed by atoms with Gasteiger partial charge in [-0.25, -0.2) is 9.50 Å². The maximum absolute atomic E-state index is 9.54. The lowest BCUT2D eigenvalue weighted by Crippen LogP contribution is -2.37. The monoisotopic (exact) mass is 354 g/mol. The van der Waals surface area contributed by atoms with Crippen LogP contribution in [-0.4, -0.2) is 60.5 Å². The van der Waals surface area contributed by atoms with Crippen molar-refractivity contribution >= 4 is 16.6 Å². The van der Waals surface area contributed by atoms with Crippen LogP contribution in [0.2, 0.25) is 0 Å². The maximum Gasteiger partial charge on any atom is 0.141 e. The van der Waals surface area contributed by atoms with Crippen molar-refractivity contribution in [2.75, 3.05) is 19.7 Å². The average molecular weight is 354 g/mol. The number of hydrogen-bond donors (Lipinski definition) is 2. The van der Waals surface area contributed by atoms with E-state index in [-0.39, 0.29) is 0 Å². The van der Waals surface area contributed by atoms with Crippen LogP contribution in [0.3, 0.4) is 0 Å². The molecule has 1 aliphatic heterocycles. The molecule has 138 valence electrons. The lowest BCUT2D eigenvalue weighted by molar-refractivity contribution is 0.129. The Labute approximate surface area is 152 Å². The van der Waals surface area contributed by atoms with Gasteiger partial charge in [0.25, 0.3) is 0 Å². The zero-order valence-corrected chi connectivity index (χ0v) is 15.0. The SMILES string of the molecule is OC[C@H]1CCCN1CC1CCC(c2nnn3cnc4[nH]ccc4c23)CC1. The minimum Gasteiger partial charge on any atom is -0.395 e. The van der Waals surface area contributed by atoms with Gasteiger partial charge in [0, 0.05) is 30.1 Å². The van der Waals surface area contributed by atoms with E-state index in [1.807, 2.05) is 10.7 Å². The van der Waals surface area contributed by atoms with E-state index >= 15 is 0 Å². The van der Waals surface area contributed by atoms with Gasteiger partial charge in [-0.1, -0.05) is 5.21 Å². The molecule has 26 heavy (non-hydrogen) atoms. The first-order chi connectivity index (χ1) is 12.8. The van der Waals surface area contributed by atoms with Gasteiger partial charge < -0.3 is 10.1 Å². The first kappa shape index (κ1) is 16.2. The topological polar surface area (TPSA) is 82.3 Å². The molecule has 2 fully saturated rings. The smallest absolute Gasteiger partial charge is 0.141 e. The van der Waals surface area contributed by atoms with Crippen LogP contribution in [0.15, 0.2) is 18.6 Å². The molecule has 3 aromatic rings. The highest BCUT2D eigenvalue weighted by atomic mass is 16.3. The fourth-order valence-corrected chi connectivity index (χ4v) is 4.99.